The molecule has 1 saturated heterocycles. The second kappa shape index (κ2) is 11.3. The Morgan fingerprint density at radius 1 is 1.11 bits per heavy atom. The summed E-state index contributed by atoms with van der Waals surface area (Å²) in [5.74, 6) is -1.62. The van der Waals surface area contributed by atoms with Crippen molar-refractivity contribution in [3.8, 4) is 0 Å². The Morgan fingerprint density at radius 2 is 1.80 bits per heavy atom. The molecular formula is C26H31F2N3O4. The molecule has 7 nitrogen and oxygen atoms in total. The van der Waals surface area contributed by atoms with E-state index in [2.05, 4.69) is 5.32 Å². The highest BCUT2D eigenvalue weighted by Crippen LogP contribution is 2.28. The van der Waals surface area contributed by atoms with Crippen molar-refractivity contribution < 1.29 is 27.9 Å². The second-order valence-corrected chi connectivity index (χ2v) is 9.13. The van der Waals surface area contributed by atoms with Gasteiger partial charge in [0.15, 0.2) is 6.61 Å². The third-order valence-electron chi connectivity index (χ3n) is 5.96. The number of amides is 3. The van der Waals surface area contributed by atoms with E-state index in [1.165, 1.54) is 20.2 Å². The Balaban J connectivity index is 1.83. The predicted octanol–water partition coefficient (Wildman–Crippen LogP) is 3.79. The molecule has 0 radical (unpaired) electrons. The van der Waals surface area contributed by atoms with Crippen molar-refractivity contribution in [3.63, 3.8) is 0 Å². The molecule has 0 bridgehead atoms. The van der Waals surface area contributed by atoms with Gasteiger partial charge in [-0.05, 0) is 28.7 Å². The van der Waals surface area contributed by atoms with E-state index in [4.69, 9.17) is 4.74 Å². The van der Waals surface area contributed by atoms with Crippen LogP contribution in [0.15, 0.2) is 48.5 Å². The fourth-order valence-corrected chi connectivity index (χ4v) is 4.08. The van der Waals surface area contributed by atoms with Crippen molar-refractivity contribution in [2.24, 2.45) is 0 Å². The van der Waals surface area contributed by atoms with Crippen LogP contribution in [-0.4, -0.2) is 67.2 Å². The zero-order chi connectivity index (χ0) is 25.7. The second-order valence-electron chi connectivity index (χ2n) is 9.13. The van der Waals surface area contributed by atoms with Gasteiger partial charge in [0.1, 0.15) is 18.0 Å². The van der Waals surface area contributed by atoms with Gasteiger partial charge in [-0.3, -0.25) is 9.59 Å². The summed E-state index contributed by atoms with van der Waals surface area (Å²) in [6.45, 7) is 2.91. The minimum Gasteiger partial charge on any atom is -0.439 e. The number of carbonyl (C=O) groups is 3. The quantitative estimate of drug-likeness (QED) is 0.645. The van der Waals surface area contributed by atoms with Gasteiger partial charge in [0.25, 0.3) is 5.91 Å². The average molecular weight is 488 g/mol. The zero-order valence-corrected chi connectivity index (χ0v) is 20.3. The number of ether oxygens (including phenoxy) is 1. The number of halogens is 2. The van der Waals surface area contributed by atoms with E-state index >= 15 is 0 Å². The highest BCUT2D eigenvalue weighted by atomic mass is 19.1. The van der Waals surface area contributed by atoms with E-state index in [1.807, 2.05) is 19.9 Å². The number of carbonyl (C=O) groups excluding carboxylic acids is 3. The number of nitrogens with zero attached hydrogens (tertiary/aromatic N) is 2. The summed E-state index contributed by atoms with van der Waals surface area (Å²) in [6, 6.07) is 12.1. The summed E-state index contributed by atoms with van der Waals surface area (Å²) in [6.07, 6.45) is -2.29. The minimum atomic E-state index is -1.39. The van der Waals surface area contributed by atoms with Gasteiger partial charge in [-0.25, -0.2) is 13.6 Å². The normalized spacial score (nSPS) is 18.3. The molecule has 1 aliphatic heterocycles. The van der Waals surface area contributed by atoms with Crippen molar-refractivity contribution in [1.82, 2.24) is 15.1 Å². The van der Waals surface area contributed by atoms with Crippen LogP contribution in [0, 0.1) is 5.82 Å². The van der Waals surface area contributed by atoms with E-state index < -0.39 is 42.8 Å². The number of benzene rings is 2. The van der Waals surface area contributed by atoms with Crippen LogP contribution in [0.5, 0.6) is 0 Å². The van der Waals surface area contributed by atoms with Gasteiger partial charge in [-0.1, -0.05) is 56.3 Å². The average Bonchev–Trinajstić information content (AvgIpc) is 3.22. The summed E-state index contributed by atoms with van der Waals surface area (Å²) in [4.78, 5) is 39.8. The van der Waals surface area contributed by atoms with Crippen LogP contribution in [0.2, 0.25) is 0 Å². The van der Waals surface area contributed by atoms with Gasteiger partial charge in [-0.15, -0.1) is 0 Å². The van der Waals surface area contributed by atoms with E-state index in [-0.39, 0.29) is 24.7 Å². The molecule has 1 aliphatic rings. The molecule has 0 aromatic heterocycles. The van der Waals surface area contributed by atoms with Crippen molar-refractivity contribution in [2.45, 2.75) is 44.4 Å². The van der Waals surface area contributed by atoms with Gasteiger partial charge in [-0.2, -0.15) is 0 Å². The number of hydrogen-bond donors (Lipinski definition) is 1. The van der Waals surface area contributed by atoms with Crippen molar-refractivity contribution in [3.05, 3.63) is 71.0 Å². The largest absolute Gasteiger partial charge is 0.439 e. The number of alkyl halides is 1. The summed E-state index contributed by atoms with van der Waals surface area (Å²) in [5, 5.41) is 2.87. The van der Waals surface area contributed by atoms with Gasteiger partial charge in [0, 0.05) is 20.5 Å². The summed E-state index contributed by atoms with van der Waals surface area (Å²) < 4.78 is 34.0. The van der Waals surface area contributed by atoms with Crippen molar-refractivity contribution >= 4 is 17.9 Å². The highest BCUT2D eigenvalue weighted by Gasteiger charge is 2.40. The molecular weight excluding hydrogens is 456 g/mol. The maximum atomic E-state index is 14.8. The van der Waals surface area contributed by atoms with Gasteiger partial charge >= 0.3 is 6.09 Å². The summed E-state index contributed by atoms with van der Waals surface area (Å²) in [7, 11) is 2.94. The molecule has 3 rings (SSSR count). The Kier molecular flexibility index (Phi) is 8.43. The first-order chi connectivity index (χ1) is 16.6. The smallest absolute Gasteiger partial charge is 0.409 e. The maximum Gasteiger partial charge on any atom is 0.409 e. The molecule has 9 heteroatoms. The summed E-state index contributed by atoms with van der Waals surface area (Å²) >= 11 is 0. The molecule has 1 heterocycles. The van der Waals surface area contributed by atoms with Crippen LogP contribution in [0.1, 0.15) is 48.9 Å². The maximum absolute atomic E-state index is 14.8. The van der Waals surface area contributed by atoms with Crippen LogP contribution >= 0.6 is 0 Å². The van der Waals surface area contributed by atoms with Gasteiger partial charge in [0.05, 0.1) is 12.6 Å². The zero-order valence-electron chi connectivity index (χ0n) is 20.3. The molecule has 3 atom stereocenters. The lowest BCUT2D eigenvalue weighted by molar-refractivity contribution is -0.141. The molecule has 188 valence electrons. The Hall–Kier alpha value is -3.49. The Labute approximate surface area is 204 Å². The monoisotopic (exact) mass is 487 g/mol. The topological polar surface area (TPSA) is 79.0 Å². The van der Waals surface area contributed by atoms with Crippen LogP contribution in [0.3, 0.4) is 0 Å². The van der Waals surface area contributed by atoms with E-state index in [0.717, 1.165) is 9.80 Å². The number of hydrogen-bond acceptors (Lipinski definition) is 4. The molecule has 1 N–H and O–H groups in total. The molecule has 0 unspecified atom stereocenters. The standard InChI is InChI=1S/C26H31F2N3O4/c1-16(2)20-11-10-18(12-21(20)28)24(17-8-6-5-7-9-17)29-25(33)22-13-19(27)14-31(22)23(32)15-35-26(34)30(3)4/h5-12,16,19,22,24H,13-15H2,1-4H3,(H,29,33)/t19-,22+,24+/m1/s1. The van der Waals surface area contributed by atoms with Crippen molar-refractivity contribution in [2.75, 3.05) is 27.2 Å². The number of rotatable bonds is 7. The molecule has 0 aliphatic carbocycles. The molecule has 0 saturated carbocycles. The third kappa shape index (κ3) is 6.35. The minimum absolute atomic E-state index is 0.00467. The van der Waals surface area contributed by atoms with Gasteiger partial charge < -0.3 is 19.9 Å². The first-order valence-electron chi connectivity index (χ1n) is 11.5. The molecule has 3 amide bonds. The Bertz CT molecular complexity index is 1060. The molecule has 1 fully saturated rings. The number of likely N-dealkylation sites (tertiary alicyclic amines) is 1. The van der Waals surface area contributed by atoms with E-state index in [1.54, 1.807) is 36.4 Å². The lowest BCUT2D eigenvalue weighted by Crippen LogP contribution is -2.48. The highest BCUT2D eigenvalue weighted by molar-refractivity contribution is 5.90. The molecule has 0 spiro atoms. The van der Waals surface area contributed by atoms with Crippen LogP contribution in [-0.2, 0) is 14.3 Å². The Morgan fingerprint density at radius 3 is 2.40 bits per heavy atom. The molecule has 35 heavy (non-hydrogen) atoms. The fourth-order valence-electron chi connectivity index (χ4n) is 4.08. The van der Waals surface area contributed by atoms with Crippen LogP contribution in [0.4, 0.5) is 13.6 Å². The van der Waals surface area contributed by atoms with Crippen molar-refractivity contribution in [1.29, 1.82) is 0 Å². The SMILES string of the molecule is CC(C)c1ccc([C@@H](NC(=O)[C@@H]2C[C@@H](F)CN2C(=O)COC(=O)N(C)C)c2ccccc2)cc1F. The third-order valence-corrected chi connectivity index (χ3v) is 5.96. The summed E-state index contributed by atoms with van der Waals surface area (Å²) in [5.41, 5.74) is 1.80. The fraction of sp³-hybridized carbons (Fsp3) is 0.423. The van der Waals surface area contributed by atoms with Gasteiger partial charge in [0.2, 0.25) is 5.91 Å². The molecule has 2 aromatic rings. The van der Waals surface area contributed by atoms with E-state index in [0.29, 0.717) is 16.7 Å². The molecule has 2 aromatic carbocycles. The first kappa shape index (κ1) is 26.1. The predicted molar refractivity (Wildman–Crippen MR) is 127 cm³/mol. The first-order valence-corrected chi connectivity index (χ1v) is 11.5. The van der Waals surface area contributed by atoms with E-state index in [9.17, 15) is 23.2 Å². The van der Waals surface area contributed by atoms with Crippen LogP contribution in [0.25, 0.3) is 0 Å². The van der Waals surface area contributed by atoms with Crippen LogP contribution < -0.4 is 5.32 Å². The lowest BCUT2D eigenvalue weighted by atomic mass is 9.94. The number of nitrogens with one attached hydrogen (secondary N) is 1. The lowest BCUT2D eigenvalue weighted by Gasteiger charge is -2.27.